The molecule has 0 saturated heterocycles. The van der Waals surface area contributed by atoms with E-state index in [1.165, 1.54) is 6.42 Å². The van der Waals surface area contributed by atoms with E-state index in [2.05, 4.69) is 0 Å². The number of nitrogens with zero attached hydrogens (tertiary/aromatic N) is 1. The molecule has 1 aromatic rings. The van der Waals surface area contributed by atoms with Gasteiger partial charge in [-0.25, -0.2) is 4.79 Å². The minimum absolute atomic E-state index is 0.0890. The van der Waals surface area contributed by atoms with Gasteiger partial charge in [-0.05, 0) is 55.8 Å². The van der Waals surface area contributed by atoms with Crippen LogP contribution in [0.5, 0.6) is 11.8 Å². The molecule has 0 atom stereocenters. The van der Waals surface area contributed by atoms with Crippen molar-refractivity contribution in [1.29, 1.82) is 0 Å². The summed E-state index contributed by atoms with van der Waals surface area (Å²) in [5, 5.41) is 28.2. The molecule has 0 aliphatic heterocycles. The van der Waals surface area contributed by atoms with Crippen LogP contribution in [0.4, 0.5) is 0 Å². The van der Waals surface area contributed by atoms with Gasteiger partial charge in [-0.1, -0.05) is 0 Å². The van der Waals surface area contributed by atoms with Crippen molar-refractivity contribution in [2.45, 2.75) is 38.2 Å². The van der Waals surface area contributed by atoms with Crippen molar-refractivity contribution >= 4 is 5.97 Å². The van der Waals surface area contributed by atoms with Crippen LogP contribution in [-0.4, -0.2) is 32.2 Å². The monoisotopic (exact) mass is 293 g/mol. The van der Waals surface area contributed by atoms with Crippen molar-refractivity contribution in [3.8, 4) is 11.8 Å². The first-order valence-electron chi connectivity index (χ1n) is 7.56. The van der Waals surface area contributed by atoms with Crippen molar-refractivity contribution in [1.82, 2.24) is 4.73 Å². The Morgan fingerprint density at radius 3 is 2.14 bits per heavy atom. The summed E-state index contributed by atoms with van der Waals surface area (Å²) in [5.41, 5.74) is -0.191. The van der Waals surface area contributed by atoms with E-state index in [0.29, 0.717) is 11.8 Å². The second kappa shape index (κ2) is 4.32. The molecule has 4 saturated carbocycles. The van der Waals surface area contributed by atoms with Gasteiger partial charge in [0.1, 0.15) is 11.7 Å². The van der Waals surface area contributed by atoms with Crippen molar-refractivity contribution in [2.24, 2.45) is 23.7 Å². The number of rotatable bonds is 2. The first kappa shape index (κ1) is 12.9. The fraction of sp³-hybridized carbons (Fsp3) is 0.667. The number of hydrogen-bond acceptors (Lipinski definition) is 5. The van der Waals surface area contributed by atoms with E-state index in [0.717, 1.165) is 43.6 Å². The molecule has 0 spiro atoms. The van der Waals surface area contributed by atoms with E-state index in [1.807, 2.05) is 0 Å². The van der Waals surface area contributed by atoms with Crippen LogP contribution in [-0.2, 0) is 4.74 Å². The third-order valence-electron chi connectivity index (χ3n) is 5.54. The molecule has 3 N–H and O–H groups in total. The number of ether oxygens (including phenoxy) is 1. The van der Waals surface area contributed by atoms with Crippen molar-refractivity contribution in [3.05, 3.63) is 11.6 Å². The Hall–Kier alpha value is -1.85. The summed E-state index contributed by atoms with van der Waals surface area (Å²) in [6.45, 7) is 0. The molecule has 0 aromatic carbocycles. The number of carbonyl (C=O) groups excluding carboxylic acids is 1. The van der Waals surface area contributed by atoms with Gasteiger partial charge in [0.2, 0.25) is 11.8 Å². The second-order valence-electron chi connectivity index (χ2n) is 6.85. The van der Waals surface area contributed by atoms with E-state index in [4.69, 9.17) is 4.74 Å². The minimum atomic E-state index is -0.679. The van der Waals surface area contributed by atoms with E-state index in [1.54, 1.807) is 0 Å². The van der Waals surface area contributed by atoms with Gasteiger partial charge >= 0.3 is 5.97 Å². The third-order valence-corrected chi connectivity index (χ3v) is 5.54. The van der Waals surface area contributed by atoms with Gasteiger partial charge in [-0.3, -0.25) is 0 Å². The van der Waals surface area contributed by atoms with Gasteiger partial charge in [0.05, 0.1) is 0 Å². The summed E-state index contributed by atoms with van der Waals surface area (Å²) in [5.74, 6) is 0.505. The van der Waals surface area contributed by atoms with Gasteiger partial charge in [-0.2, -0.15) is 0 Å². The maximum atomic E-state index is 12.2. The van der Waals surface area contributed by atoms with Crippen molar-refractivity contribution in [3.63, 3.8) is 0 Å². The number of hydrogen-bond donors (Lipinski definition) is 3. The summed E-state index contributed by atoms with van der Waals surface area (Å²) in [4.78, 5) is 12.2. The highest BCUT2D eigenvalue weighted by Gasteiger charge is 2.50. The van der Waals surface area contributed by atoms with E-state index in [-0.39, 0.29) is 16.4 Å². The van der Waals surface area contributed by atoms with Crippen LogP contribution in [0.1, 0.15) is 42.5 Å². The Kier molecular flexibility index (Phi) is 2.65. The fourth-order valence-corrected chi connectivity index (χ4v) is 4.88. The third kappa shape index (κ3) is 1.88. The SMILES string of the molecule is O=C(OC1C2CC3CC(C2)CC1C3)c1cc(O)n(O)c1O. The zero-order chi connectivity index (χ0) is 14.7. The summed E-state index contributed by atoms with van der Waals surface area (Å²) >= 11 is 0. The standard InChI is InChI=1S/C15H19NO5/c17-12-6-11(14(18)16(12)20)15(19)21-13-9-2-7-1-8(4-9)5-10(13)3-7/h6-10,13,17-18,20H,1-5H2. The lowest BCUT2D eigenvalue weighted by Crippen LogP contribution is -2.50. The second-order valence-corrected chi connectivity index (χ2v) is 6.85. The summed E-state index contributed by atoms with van der Waals surface area (Å²) < 4.78 is 5.80. The Morgan fingerprint density at radius 1 is 1.10 bits per heavy atom. The lowest BCUT2D eigenvalue weighted by molar-refractivity contribution is -0.101. The highest BCUT2D eigenvalue weighted by molar-refractivity contribution is 5.92. The molecule has 114 valence electrons. The topological polar surface area (TPSA) is 91.9 Å². The lowest BCUT2D eigenvalue weighted by atomic mass is 9.55. The normalized spacial score (nSPS) is 36.9. The molecule has 4 fully saturated rings. The molecule has 0 unspecified atom stereocenters. The molecule has 0 radical (unpaired) electrons. The van der Waals surface area contributed by atoms with Crippen LogP contribution < -0.4 is 0 Å². The molecular weight excluding hydrogens is 274 g/mol. The first-order chi connectivity index (χ1) is 10.0. The smallest absolute Gasteiger partial charge is 0.344 e. The predicted molar refractivity (Wildman–Crippen MR) is 71.2 cm³/mol. The summed E-state index contributed by atoms with van der Waals surface area (Å²) in [6, 6.07) is 1.02. The molecule has 5 rings (SSSR count). The Bertz CT molecular complexity index is 565. The predicted octanol–water partition coefficient (Wildman–Crippen LogP) is 2.12. The molecule has 6 heteroatoms. The van der Waals surface area contributed by atoms with Gasteiger partial charge < -0.3 is 20.2 Å². The number of aromatic nitrogens is 1. The molecule has 4 aliphatic carbocycles. The van der Waals surface area contributed by atoms with Gasteiger partial charge in [0.25, 0.3) is 0 Å². The zero-order valence-corrected chi connectivity index (χ0v) is 11.6. The van der Waals surface area contributed by atoms with Gasteiger partial charge in [-0.15, -0.1) is 4.73 Å². The quantitative estimate of drug-likeness (QED) is 0.574. The molecular formula is C15H19NO5. The largest absolute Gasteiger partial charge is 0.492 e. The average molecular weight is 293 g/mol. The molecule has 0 amide bonds. The molecule has 21 heavy (non-hydrogen) atoms. The molecule has 1 heterocycles. The van der Waals surface area contributed by atoms with E-state index >= 15 is 0 Å². The van der Waals surface area contributed by atoms with Crippen LogP contribution in [0.3, 0.4) is 0 Å². The Morgan fingerprint density at radius 2 is 1.67 bits per heavy atom. The maximum Gasteiger partial charge on any atom is 0.344 e. The summed E-state index contributed by atoms with van der Waals surface area (Å²) in [7, 11) is 0. The maximum absolute atomic E-state index is 12.2. The van der Waals surface area contributed by atoms with Gasteiger partial charge in [0, 0.05) is 6.07 Å². The van der Waals surface area contributed by atoms with Crippen LogP contribution in [0.25, 0.3) is 0 Å². The van der Waals surface area contributed by atoms with E-state index < -0.39 is 17.7 Å². The van der Waals surface area contributed by atoms with Crippen molar-refractivity contribution in [2.75, 3.05) is 0 Å². The highest BCUT2D eigenvalue weighted by Crippen LogP contribution is 2.54. The molecule has 4 aliphatic rings. The molecule has 4 bridgehead atoms. The van der Waals surface area contributed by atoms with Crippen LogP contribution in [0.2, 0.25) is 0 Å². The Labute approximate surface area is 121 Å². The fourth-order valence-electron chi connectivity index (χ4n) is 4.88. The molecule has 1 aromatic heterocycles. The Balaban J connectivity index is 1.53. The highest BCUT2D eigenvalue weighted by atomic mass is 16.5. The number of esters is 1. The van der Waals surface area contributed by atoms with Gasteiger partial charge in [0.15, 0.2) is 0 Å². The number of aromatic hydroxyl groups is 2. The lowest BCUT2D eigenvalue weighted by Gasteiger charge is -2.53. The zero-order valence-electron chi connectivity index (χ0n) is 11.6. The van der Waals surface area contributed by atoms with Crippen LogP contribution in [0.15, 0.2) is 6.07 Å². The van der Waals surface area contributed by atoms with Crippen LogP contribution in [0, 0.1) is 23.7 Å². The summed E-state index contributed by atoms with van der Waals surface area (Å²) in [6.07, 6.45) is 5.75. The minimum Gasteiger partial charge on any atom is -0.492 e. The number of carbonyl (C=O) groups is 1. The van der Waals surface area contributed by atoms with Crippen LogP contribution >= 0.6 is 0 Å². The molecule has 6 nitrogen and oxygen atoms in total. The van der Waals surface area contributed by atoms with E-state index in [9.17, 15) is 20.2 Å². The first-order valence-corrected chi connectivity index (χ1v) is 7.56. The van der Waals surface area contributed by atoms with Crippen molar-refractivity contribution < 1.29 is 25.0 Å². The average Bonchev–Trinajstić information content (AvgIpc) is 2.69.